The number of carbonyl (C=O) groups is 2. The van der Waals surface area contributed by atoms with E-state index in [0.717, 1.165) is 76.0 Å². The summed E-state index contributed by atoms with van der Waals surface area (Å²) in [6.07, 6.45) is 8.10. The highest BCUT2D eigenvalue weighted by Gasteiger charge is 2.37. The van der Waals surface area contributed by atoms with Gasteiger partial charge in [0.15, 0.2) is 0 Å². The first-order valence-corrected chi connectivity index (χ1v) is 11.2. The van der Waals surface area contributed by atoms with E-state index < -0.39 is 0 Å². The van der Waals surface area contributed by atoms with Crippen molar-refractivity contribution >= 4 is 11.8 Å². The molecule has 3 heterocycles. The maximum Gasteiger partial charge on any atom is 0.227 e. The lowest BCUT2D eigenvalue weighted by molar-refractivity contribution is -0.137. The summed E-state index contributed by atoms with van der Waals surface area (Å²) in [4.78, 5) is 36.2. The lowest BCUT2D eigenvalue weighted by Crippen LogP contribution is -2.51. The molecule has 3 aliphatic rings. The quantitative estimate of drug-likeness (QED) is 0.765. The van der Waals surface area contributed by atoms with E-state index in [9.17, 15) is 9.59 Å². The van der Waals surface area contributed by atoms with E-state index in [1.54, 1.807) is 6.20 Å². The zero-order chi connectivity index (χ0) is 20.4. The van der Waals surface area contributed by atoms with Gasteiger partial charge in [-0.1, -0.05) is 6.07 Å². The molecule has 0 spiro atoms. The summed E-state index contributed by atoms with van der Waals surface area (Å²) >= 11 is 0. The number of carbonyl (C=O) groups excluding carboxylic acids is 2. The van der Waals surface area contributed by atoms with Gasteiger partial charge < -0.3 is 9.80 Å². The van der Waals surface area contributed by atoms with Gasteiger partial charge in [-0.25, -0.2) is 0 Å². The van der Waals surface area contributed by atoms with Crippen LogP contribution >= 0.6 is 0 Å². The number of nitrogens with zero attached hydrogens (tertiary/aromatic N) is 4. The topological polar surface area (TPSA) is 56.8 Å². The molecule has 0 N–H and O–H groups in total. The van der Waals surface area contributed by atoms with Gasteiger partial charge in [-0.05, 0) is 63.6 Å². The van der Waals surface area contributed by atoms with Gasteiger partial charge in [-0.2, -0.15) is 0 Å². The molecule has 158 valence electrons. The molecule has 2 aliphatic heterocycles. The maximum absolute atomic E-state index is 13.1. The average molecular weight is 399 g/mol. The van der Waals surface area contributed by atoms with Crippen molar-refractivity contribution in [3.63, 3.8) is 0 Å². The Kier molecular flexibility index (Phi) is 6.18. The second-order valence-electron chi connectivity index (χ2n) is 9.13. The summed E-state index contributed by atoms with van der Waals surface area (Å²) in [6.45, 7) is 6.31. The van der Waals surface area contributed by atoms with Crippen LogP contribution in [0.15, 0.2) is 18.3 Å². The maximum atomic E-state index is 13.1. The van der Waals surface area contributed by atoms with Crippen LogP contribution < -0.4 is 0 Å². The number of rotatable bonds is 5. The fourth-order valence-corrected chi connectivity index (χ4v) is 4.88. The Morgan fingerprint density at radius 3 is 2.55 bits per heavy atom. The molecular weight excluding hydrogens is 364 g/mol. The Labute approximate surface area is 174 Å². The molecule has 1 aliphatic carbocycles. The Bertz CT molecular complexity index is 740. The SMILES string of the molecule is Cc1cccnc1CN(C)C(=O)[C@H]1CCCN(C2CCN(C(=O)C3CC3)CC2)C1. The van der Waals surface area contributed by atoms with E-state index in [4.69, 9.17) is 0 Å². The van der Waals surface area contributed by atoms with Crippen LogP contribution in [0.4, 0.5) is 0 Å². The van der Waals surface area contributed by atoms with Crippen LogP contribution in [0.25, 0.3) is 0 Å². The highest BCUT2D eigenvalue weighted by atomic mass is 16.2. The number of likely N-dealkylation sites (tertiary alicyclic amines) is 2. The third kappa shape index (κ3) is 4.80. The minimum absolute atomic E-state index is 0.0730. The van der Waals surface area contributed by atoms with Gasteiger partial charge in [0.05, 0.1) is 18.2 Å². The fraction of sp³-hybridized carbons (Fsp3) is 0.696. The summed E-state index contributed by atoms with van der Waals surface area (Å²) in [5.41, 5.74) is 2.11. The van der Waals surface area contributed by atoms with Crippen LogP contribution in [0, 0.1) is 18.8 Å². The van der Waals surface area contributed by atoms with Crippen LogP contribution in [0.3, 0.4) is 0 Å². The molecule has 6 heteroatoms. The summed E-state index contributed by atoms with van der Waals surface area (Å²) < 4.78 is 0. The molecule has 1 saturated carbocycles. The highest BCUT2D eigenvalue weighted by molar-refractivity contribution is 5.81. The highest BCUT2D eigenvalue weighted by Crippen LogP contribution is 2.33. The number of pyridine rings is 1. The van der Waals surface area contributed by atoms with Crippen molar-refractivity contribution < 1.29 is 9.59 Å². The Balaban J connectivity index is 1.29. The van der Waals surface area contributed by atoms with Crippen molar-refractivity contribution in [3.8, 4) is 0 Å². The second-order valence-corrected chi connectivity index (χ2v) is 9.13. The summed E-state index contributed by atoms with van der Waals surface area (Å²) in [5.74, 6) is 1.01. The molecule has 6 nitrogen and oxygen atoms in total. The van der Waals surface area contributed by atoms with E-state index in [-0.39, 0.29) is 11.8 Å². The number of hydrogen-bond donors (Lipinski definition) is 0. The van der Waals surface area contributed by atoms with Crippen LogP contribution in [0.2, 0.25) is 0 Å². The van der Waals surface area contributed by atoms with Gasteiger partial charge in [0.1, 0.15) is 0 Å². The summed E-state index contributed by atoms with van der Waals surface area (Å²) in [6, 6.07) is 4.49. The standard InChI is InChI=1S/C23H34N4O2/c1-17-5-3-11-24-21(17)16-25(2)22(28)19-6-4-12-27(15-19)20-9-13-26(14-10-20)23(29)18-7-8-18/h3,5,11,18-20H,4,6-10,12-16H2,1-2H3/t19-/m0/s1. The minimum atomic E-state index is 0.0730. The molecule has 0 unspecified atom stereocenters. The molecule has 0 bridgehead atoms. The number of hydrogen-bond acceptors (Lipinski definition) is 4. The molecule has 1 aromatic heterocycles. The molecule has 4 rings (SSSR count). The van der Waals surface area contributed by atoms with E-state index in [1.165, 1.54) is 0 Å². The number of aromatic nitrogens is 1. The van der Waals surface area contributed by atoms with Crippen molar-refractivity contribution in [2.75, 3.05) is 33.2 Å². The molecule has 2 amide bonds. The van der Waals surface area contributed by atoms with Crippen molar-refractivity contribution in [3.05, 3.63) is 29.6 Å². The van der Waals surface area contributed by atoms with Gasteiger partial charge in [0, 0.05) is 44.8 Å². The van der Waals surface area contributed by atoms with Gasteiger partial charge in [-0.3, -0.25) is 19.5 Å². The number of piperidine rings is 2. The Morgan fingerprint density at radius 2 is 1.86 bits per heavy atom. The van der Waals surface area contributed by atoms with Crippen molar-refractivity contribution in [1.29, 1.82) is 0 Å². The molecule has 1 atom stereocenters. The van der Waals surface area contributed by atoms with Crippen LogP contribution in [0.5, 0.6) is 0 Å². The lowest BCUT2D eigenvalue weighted by atomic mass is 9.92. The van der Waals surface area contributed by atoms with Gasteiger partial charge in [0.25, 0.3) is 0 Å². The number of aryl methyl sites for hydroxylation is 1. The first-order chi connectivity index (χ1) is 14.0. The first kappa shape index (κ1) is 20.3. The monoisotopic (exact) mass is 398 g/mol. The molecule has 29 heavy (non-hydrogen) atoms. The summed E-state index contributed by atoms with van der Waals surface area (Å²) in [7, 11) is 1.90. The Hall–Kier alpha value is -1.95. The third-order valence-corrected chi connectivity index (χ3v) is 6.90. The molecule has 3 fully saturated rings. The smallest absolute Gasteiger partial charge is 0.227 e. The predicted octanol–water partition coefficient (Wildman–Crippen LogP) is 2.46. The average Bonchev–Trinajstić information content (AvgIpc) is 3.60. The van der Waals surface area contributed by atoms with E-state index in [1.807, 2.05) is 31.0 Å². The van der Waals surface area contributed by atoms with Gasteiger partial charge in [-0.15, -0.1) is 0 Å². The molecule has 1 aromatic rings. The number of amides is 2. The van der Waals surface area contributed by atoms with Gasteiger partial charge in [0.2, 0.25) is 11.8 Å². The van der Waals surface area contributed by atoms with Crippen molar-refractivity contribution in [2.24, 2.45) is 11.8 Å². The predicted molar refractivity (Wildman–Crippen MR) is 112 cm³/mol. The second kappa shape index (κ2) is 8.82. The zero-order valence-electron chi connectivity index (χ0n) is 17.8. The Morgan fingerprint density at radius 1 is 1.10 bits per heavy atom. The minimum Gasteiger partial charge on any atom is -0.342 e. The third-order valence-electron chi connectivity index (χ3n) is 6.90. The molecular formula is C23H34N4O2. The largest absolute Gasteiger partial charge is 0.342 e. The van der Waals surface area contributed by atoms with Crippen LogP contribution in [-0.2, 0) is 16.1 Å². The summed E-state index contributed by atoms with van der Waals surface area (Å²) in [5, 5.41) is 0. The van der Waals surface area contributed by atoms with E-state index in [0.29, 0.717) is 24.4 Å². The fourth-order valence-electron chi connectivity index (χ4n) is 4.88. The first-order valence-electron chi connectivity index (χ1n) is 11.2. The van der Waals surface area contributed by atoms with E-state index >= 15 is 0 Å². The zero-order valence-corrected chi connectivity index (χ0v) is 17.8. The lowest BCUT2D eigenvalue weighted by Gasteiger charge is -2.42. The molecule has 0 aromatic carbocycles. The van der Waals surface area contributed by atoms with E-state index in [2.05, 4.69) is 14.8 Å². The normalized spacial score (nSPS) is 23.8. The van der Waals surface area contributed by atoms with Gasteiger partial charge >= 0.3 is 0 Å². The van der Waals surface area contributed by atoms with Crippen LogP contribution in [-0.4, -0.2) is 70.8 Å². The molecule has 0 radical (unpaired) electrons. The molecule has 2 saturated heterocycles. The van der Waals surface area contributed by atoms with Crippen molar-refractivity contribution in [2.45, 2.75) is 58.0 Å². The van der Waals surface area contributed by atoms with Crippen molar-refractivity contribution in [1.82, 2.24) is 19.7 Å². The van der Waals surface area contributed by atoms with Crippen LogP contribution in [0.1, 0.15) is 49.8 Å².